The molecule has 2 heterocycles. The van der Waals surface area contributed by atoms with Gasteiger partial charge in [0.2, 0.25) is 0 Å². The summed E-state index contributed by atoms with van der Waals surface area (Å²) in [7, 11) is 0. The Bertz CT molecular complexity index is 481. The highest BCUT2D eigenvalue weighted by Gasteiger charge is 2.09. The number of fused-ring (bicyclic) bond motifs is 1. The van der Waals surface area contributed by atoms with Gasteiger partial charge >= 0.3 is 0 Å². The van der Waals surface area contributed by atoms with Gasteiger partial charge in [-0.1, -0.05) is 12.2 Å². The first-order valence-corrected chi connectivity index (χ1v) is 6.87. The largest absolute Gasteiger partial charge is 0.351 e. The third-order valence-electron chi connectivity index (χ3n) is 2.20. The van der Waals surface area contributed by atoms with E-state index in [9.17, 15) is 4.79 Å². The maximum absolute atomic E-state index is 11.8. The van der Waals surface area contributed by atoms with Crippen LogP contribution in [-0.2, 0) is 0 Å². The molecule has 0 aliphatic rings. The molecule has 0 aliphatic carbocycles. The Kier molecular flexibility index (Phi) is 3.74. The van der Waals surface area contributed by atoms with Crippen LogP contribution in [0, 0.1) is 0 Å². The number of thiophene rings is 2. The van der Waals surface area contributed by atoms with Crippen LogP contribution in [0.25, 0.3) is 9.40 Å². The van der Waals surface area contributed by atoms with Gasteiger partial charge < -0.3 is 5.32 Å². The topological polar surface area (TPSA) is 29.1 Å². The molecular formula is C12H13NOS2. The van der Waals surface area contributed by atoms with Crippen LogP contribution < -0.4 is 5.32 Å². The molecule has 0 unspecified atom stereocenters. The molecule has 0 aliphatic heterocycles. The number of carbonyl (C=O) groups is 1. The van der Waals surface area contributed by atoms with Crippen molar-refractivity contribution in [2.75, 3.05) is 6.54 Å². The number of amides is 1. The van der Waals surface area contributed by atoms with Crippen molar-refractivity contribution in [3.63, 3.8) is 0 Å². The van der Waals surface area contributed by atoms with Crippen molar-refractivity contribution in [3.05, 3.63) is 34.5 Å². The van der Waals surface area contributed by atoms with Crippen LogP contribution in [0.5, 0.6) is 0 Å². The van der Waals surface area contributed by atoms with E-state index in [4.69, 9.17) is 0 Å². The molecule has 0 aromatic carbocycles. The predicted octanol–water partition coefficient (Wildman–Crippen LogP) is 3.66. The minimum absolute atomic E-state index is 0.0397. The standard InChI is InChI=1S/C12H13NOS2/c1-2-3-4-6-13-12(14)11-8-10-9(16-11)5-7-15-10/h2-3,5,7-8H,4,6H2,1H3,(H,13,14)/b3-2+. The van der Waals surface area contributed by atoms with E-state index in [2.05, 4.69) is 16.8 Å². The van der Waals surface area contributed by atoms with E-state index < -0.39 is 0 Å². The van der Waals surface area contributed by atoms with Crippen molar-refractivity contribution in [2.45, 2.75) is 13.3 Å². The normalized spacial score (nSPS) is 11.3. The van der Waals surface area contributed by atoms with Gasteiger partial charge in [-0.25, -0.2) is 0 Å². The molecule has 0 fully saturated rings. The Morgan fingerprint density at radius 1 is 1.50 bits per heavy atom. The fourth-order valence-corrected chi connectivity index (χ4v) is 3.43. The van der Waals surface area contributed by atoms with Crippen molar-refractivity contribution < 1.29 is 4.79 Å². The molecule has 4 heteroatoms. The van der Waals surface area contributed by atoms with Gasteiger partial charge in [-0.3, -0.25) is 4.79 Å². The monoisotopic (exact) mass is 251 g/mol. The zero-order valence-electron chi connectivity index (χ0n) is 9.03. The second kappa shape index (κ2) is 5.27. The number of rotatable bonds is 4. The number of hydrogen-bond acceptors (Lipinski definition) is 3. The second-order valence-corrected chi connectivity index (χ2v) is 5.40. The lowest BCUT2D eigenvalue weighted by Gasteiger charge is -1.99. The zero-order valence-corrected chi connectivity index (χ0v) is 10.7. The first-order valence-electron chi connectivity index (χ1n) is 5.17. The second-order valence-electron chi connectivity index (χ2n) is 3.37. The molecule has 16 heavy (non-hydrogen) atoms. The van der Waals surface area contributed by atoms with Gasteiger partial charge in [0.25, 0.3) is 5.91 Å². The van der Waals surface area contributed by atoms with Crippen LogP contribution in [-0.4, -0.2) is 12.5 Å². The van der Waals surface area contributed by atoms with E-state index in [-0.39, 0.29) is 5.91 Å². The van der Waals surface area contributed by atoms with Gasteiger partial charge in [-0.15, -0.1) is 22.7 Å². The molecule has 2 aromatic rings. The number of carbonyl (C=O) groups excluding carboxylic acids is 1. The molecule has 2 aromatic heterocycles. The average molecular weight is 251 g/mol. The van der Waals surface area contributed by atoms with Crippen LogP contribution in [0.15, 0.2) is 29.7 Å². The zero-order chi connectivity index (χ0) is 11.4. The summed E-state index contributed by atoms with van der Waals surface area (Å²) >= 11 is 3.23. The molecule has 1 amide bonds. The maximum atomic E-state index is 11.8. The van der Waals surface area contributed by atoms with Gasteiger partial charge in [-0.2, -0.15) is 0 Å². The highest BCUT2D eigenvalue weighted by atomic mass is 32.1. The van der Waals surface area contributed by atoms with Crippen LogP contribution in [0.1, 0.15) is 23.0 Å². The van der Waals surface area contributed by atoms with Crippen molar-refractivity contribution in [1.82, 2.24) is 5.32 Å². The summed E-state index contributed by atoms with van der Waals surface area (Å²) in [6.07, 6.45) is 4.93. The van der Waals surface area contributed by atoms with Crippen molar-refractivity contribution in [2.24, 2.45) is 0 Å². The van der Waals surface area contributed by atoms with Crippen molar-refractivity contribution in [3.8, 4) is 0 Å². The summed E-state index contributed by atoms with van der Waals surface area (Å²) in [5.74, 6) is 0.0397. The fourth-order valence-electron chi connectivity index (χ4n) is 1.40. The summed E-state index contributed by atoms with van der Waals surface area (Å²) in [6.45, 7) is 2.68. The summed E-state index contributed by atoms with van der Waals surface area (Å²) in [5, 5.41) is 4.96. The van der Waals surface area contributed by atoms with Gasteiger partial charge in [0.15, 0.2) is 0 Å². The first kappa shape index (κ1) is 11.4. The fraction of sp³-hybridized carbons (Fsp3) is 0.250. The Morgan fingerprint density at radius 3 is 3.12 bits per heavy atom. The van der Waals surface area contributed by atoms with Crippen LogP contribution in [0.2, 0.25) is 0 Å². The summed E-state index contributed by atoms with van der Waals surface area (Å²) < 4.78 is 2.40. The SMILES string of the molecule is C/C=C/CCNC(=O)c1cc2sccc2s1. The molecule has 0 saturated carbocycles. The molecule has 0 atom stereocenters. The lowest BCUT2D eigenvalue weighted by molar-refractivity contribution is 0.0958. The van der Waals surface area contributed by atoms with E-state index in [0.29, 0.717) is 6.54 Å². The molecule has 1 N–H and O–H groups in total. The molecule has 84 valence electrons. The Balaban J connectivity index is 1.96. The average Bonchev–Trinajstić information content (AvgIpc) is 2.83. The van der Waals surface area contributed by atoms with E-state index >= 15 is 0 Å². The molecule has 2 nitrogen and oxygen atoms in total. The third-order valence-corrected chi connectivity index (χ3v) is 4.29. The number of nitrogens with one attached hydrogen (secondary N) is 1. The molecule has 0 radical (unpaired) electrons. The molecule has 0 spiro atoms. The minimum atomic E-state index is 0.0397. The highest BCUT2D eigenvalue weighted by Crippen LogP contribution is 2.29. The Morgan fingerprint density at radius 2 is 2.38 bits per heavy atom. The molecule has 0 saturated heterocycles. The third kappa shape index (κ3) is 2.51. The molecule has 2 rings (SSSR count). The first-order chi connectivity index (χ1) is 7.81. The Labute approximate surface area is 103 Å². The molecular weight excluding hydrogens is 238 g/mol. The van der Waals surface area contributed by atoms with Gasteiger partial charge in [0.1, 0.15) is 0 Å². The smallest absolute Gasteiger partial charge is 0.261 e. The minimum Gasteiger partial charge on any atom is -0.351 e. The number of hydrogen-bond donors (Lipinski definition) is 1. The number of allylic oxidation sites excluding steroid dienone is 1. The van der Waals surface area contributed by atoms with E-state index in [1.807, 2.05) is 25.1 Å². The van der Waals surface area contributed by atoms with Crippen LogP contribution in [0.4, 0.5) is 0 Å². The summed E-state index contributed by atoms with van der Waals surface area (Å²) in [5.41, 5.74) is 0. The quantitative estimate of drug-likeness (QED) is 0.652. The van der Waals surface area contributed by atoms with Gasteiger partial charge in [0.05, 0.1) is 4.88 Å². The van der Waals surface area contributed by atoms with Crippen LogP contribution in [0.3, 0.4) is 0 Å². The maximum Gasteiger partial charge on any atom is 0.261 e. The van der Waals surface area contributed by atoms with E-state index in [1.165, 1.54) is 9.40 Å². The lowest BCUT2D eigenvalue weighted by Crippen LogP contribution is -2.23. The summed E-state index contributed by atoms with van der Waals surface area (Å²) in [4.78, 5) is 12.6. The van der Waals surface area contributed by atoms with Crippen molar-refractivity contribution in [1.29, 1.82) is 0 Å². The highest BCUT2D eigenvalue weighted by molar-refractivity contribution is 7.27. The van der Waals surface area contributed by atoms with E-state index in [0.717, 1.165) is 11.3 Å². The van der Waals surface area contributed by atoms with Gasteiger partial charge in [0, 0.05) is 15.9 Å². The molecule has 0 bridgehead atoms. The van der Waals surface area contributed by atoms with Crippen molar-refractivity contribution >= 4 is 38.0 Å². The van der Waals surface area contributed by atoms with Gasteiger partial charge in [-0.05, 0) is 30.9 Å². The predicted molar refractivity (Wildman–Crippen MR) is 71.5 cm³/mol. The van der Waals surface area contributed by atoms with Crippen LogP contribution >= 0.6 is 22.7 Å². The Hall–Kier alpha value is -1.13. The van der Waals surface area contributed by atoms with E-state index in [1.54, 1.807) is 22.7 Å². The summed E-state index contributed by atoms with van der Waals surface area (Å²) in [6, 6.07) is 4.02. The lowest BCUT2D eigenvalue weighted by atomic mass is 10.3.